The Labute approximate surface area is 99.2 Å². The smallest absolute Gasteiger partial charge is 0.185 e. The number of pyridine rings is 1. The van der Waals surface area contributed by atoms with Gasteiger partial charge < -0.3 is 0 Å². The molecule has 0 fully saturated rings. The van der Waals surface area contributed by atoms with Gasteiger partial charge in [0.2, 0.25) is 0 Å². The van der Waals surface area contributed by atoms with Gasteiger partial charge in [0, 0.05) is 18.9 Å². The van der Waals surface area contributed by atoms with Crippen LogP contribution in [0.25, 0.3) is 6.08 Å². The topological polar surface area (TPSA) is 53.8 Å². The third-order valence-corrected chi connectivity index (χ3v) is 2.65. The van der Waals surface area contributed by atoms with E-state index in [9.17, 15) is 4.79 Å². The molecule has 0 unspecified atom stereocenters. The third-order valence-electron chi connectivity index (χ3n) is 1.80. The highest BCUT2D eigenvalue weighted by Crippen LogP contribution is 2.07. The maximum atomic E-state index is 10.7. The van der Waals surface area contributed by atoms with E-state index >= 15 is 0 Å². The lowest BCUT2D eigenvalue weighted by atomic mass is 10.2. The highest BCUT2D eigenvalue weighted by atomic mass is 32.2. The van der Waals surface area contributed by atoms with Crippen molar-refractivity contribution in [3.8, 4) is 6.07 Å². The van der Waals surface area contributed by atoms with Gasteiger partial charge in [-0.25, -0.2) is 4.98 Å². The molecule has 0 aliphatic heterocycles. The Morgan fingerprint density at radius 3 is 3.19 bits per heavy atom. The Morgan fingerprint density at radius 1 is 1.69 bits per heavy atom. The first kappa shape index (κ1) is 12.5. The number of nitrogens with zero attached hydrogens (tertiary/aromatic N) is 2. The zero-order valence-electron chi connectivity index (χ0n) is 9.01. The second-order valence-electron chi connectivity index (χ2n) is 3.12. The largest absolute Gasteiger partial charge is 0.288 e. The monoisotopic (exact) mass is 232 g/mol. The molecule has 0 amide bonds. The summed E-state index contributed by atoms with van der Waals surface area (Å²) >= 11 is 1.32. The summed E-state index contributed by atoms with van der Waals surface area (Å²) in [6, 6.07) is 5.56. The Bertz CT molecular complexity index is 435. The molecule has 4 heteroatoms. The van der Waals surface area contributed by atoms with Crippen molar-refractivity contribution in [3.63, 3.8) is 0 Å². The van der Waals surface area contributed by atoms with E-state index in [4.69, 9.17) is 5.26 Å². The fourth-order valence-electron chi connectivity index (χ4n) is 1.10. The van der Waals surface area contributed by atoms with Gasteiger partial charge in [-0.15, -0.1) is 0 Å². The molecule has 0 aliphatic carbocycles. The van der Waals surface area contributed by atoms with Crippen LogP contribution in [0.15, 0.2) is 24.4 Å². The van der Waals surface area contributed by atoms with Crippen molar-refractivity contribution < 1.29 is 4.79 Å². The number of rotatable bonds is 4. The maximum absolute atomic E-state index is 10.7. The quantitative estimate of drug-likeness (QED) is 0.749. The van der Waals surface area contributed by atoms with Gasteiger partial charge in [-0.3, -0.25) is 4.79 Å². The molecule has 1 rings (SSSR count). The van der Waals surface area contributed by atoms with E-state index in [0.29, 0.717) is 5.69 Å². The van der Waals surface area contributed by atoms with Crippen LogP contribution in [0, 0.1) is 11.3 Å². The lowest BCUT2D eigenvalue weighted by Crippen LogP contribution is -1.84. The minimum atomic E-state index is 0.143. The summed E-state index contributed by atoms with van der Waals surface area (Å²) in [4.78, 5) is 14.5. The first-order valence-electron chi connectivity index (χ1n) is 4.88. The van der Waals surface area contributed by atoms with Crippen molar-refractivity contribution in [2.75, 3.05) is 5.75 Å². The van der Waals surface area contributed by atoms with E-state index in [2.05, 4.69) is 4.98 Å². The van der Waals surface area contributed by atoms with E-state index in [1.165, 1.54) is 11.8 Å². The minimum absolute atomic E-state index is 0.143. The molecule has 1 aromatic rings. The van der Waals surface area contributed by atoms with Gasteiger partial charge in [0.05, 0.1) is 0 Å². The fourth-order valence-corrected chi connectivity index (χ4v) is 1.64. The first-order chi connectivity index (χ1) is 7.72. The number of hydrogen-bond acceptors (Lipinski definition) is 4. The number of hydrogen-bond donors (Lipinski definition) is 0. The van der Waals surface area contributed by atoms with Gasteiger partial charge in [0.25, 0.3) is 0 Å². The van der Waals surface area contributed by atoms with E-state index in [1.807, 2.05) is 24.3 Å². The summed E-state index contributed by atoms with van der Waals surface area (Å²) in [6.07, 6.45) is 6.38. The summed E-state index contributed by atoms with van der Waals surface area (Å²) in [7, 11) is 0. The molecule has 0 aliphatic rings. The molecule has 0 bridgehead atoms. The van der Waals surface area contributed by atoms with Crippen LogP contribution in [-0.4, -0.2) is 15.9 Å². The number of carbonyl (C=O) groups excluding carboxylic acids is 1. The highest BCUT2D eigenvalue weighted by molar-refractivity contribution is 8.13. The molecule has 16 heavy (non-hydrogen) atoms. The average molecular weight is 232 g/mol. The van der Waals surface area contributed by atoms with Gasteiger partial charge in [0.15, 0.2) is 5.12 Å². The Hall–Kier alpha value is -1.60. The molecule has 0 saturated heterocycles. The van der Waals surface area contributed by atoms with Crippen molar-refractivity contribution >= 4 is 23.0 Å². The molecule has 0 aromatic carbocycles. The van der Waals surface area contributed by atoms with Crippen LogP contribution >= 0.6 is 11.8 Å². The molecular formula is C12H12N2OS. The minimum Gasteiger partial charge on any atom is -0.288 e. The second kappa shape index (κ2) is 6.81. The molecule has 0 radical (unpaired) electrons. The highest BCUT2D eigenvalue weighted by Gasteiger charge is 1.93. The van der Waals surface area contributed by atoms with Crippen LogP contribution in [0.2, 0.25) is 0 Å². The summed E-state index contributed by atoms with van der Waals surface area (Å²) in [6.45, 7) is 1.57. The zero-order valence-corrected chi connectivity index (χ0v) is 9.83. The Kier molecular flexibility index (Phi) is 5.30. The van der Waals surface area contributed by atoms with Crippen molar-refractivity contribution in [1.82, 2.24) is 4.98 Å². The summed E-state index contributed by atoms with van der Waals surface area (Å²) in [5.41, 5.74) is 1.37. The van der Waals surface area contributed by atoms with Crippen LogP contribution in [0.3, 0.4) is 0 Å². The number of nitriles is 1. The first-order valence-corrected chi connectivity index (χ1v) is 5.87. The third kappa shape index (κ3) is 4.76. The number of aromatic nitrogens is 1. The molecule has 1 heterocycles. The molecule has 82 valence electrons. The van der Waals surface area contributed by atoms with E-state index in [0.717, 1.165) is 17.7 Å². The standard InChI is InChI=1S/C12H12N2OS/c1-10(15)16-7-3-2-4-11-5-6-14-12(8-11)9-13/h2,4-6,8H,3,7H2,1H3. The summed E-state index contributed by atoms with van der Waals surface area (Å²) < 4.78 is 0. The molecule has 1 aromatic heterocycles. The molecular weight excluding hydrogens is 220 g/mol. The van der Waals surface area contributed by atoms with Gasteiger partial charge >= 0.3 is 0 Å². The van der Waals surface area contributed by atoms with Gasteiger partial charge in [0.1, 0.15) is 11.8 Å². The molecule has 3 nitrogen and oxygen atoms in total. The van der Waals surface area contributed by atoms with Crippen LogP contribution in [0.4, 0.5) is 0 Å². The van der Waals surface area contributed by atoms with Crippen LogP contribution in [0.1, 0.15) is 24.6 Å². The van der Waals surface area contributed by atoms with Crippen molar-refractivity contribution in [2.45, 2.75) is 13.3 Å². The van der Waals surface area contributed by atoms with Crippen molar-refractivity contribution in [2.24, 2.45) is 0 Å². The molecule has 0 atom stereocenters. The summed E-state index contributed by atoms with van der Waals surface area (Å²) in [5, 5.41) is 8.80. The fraction of sp³-hybridized carbons (Fsp3) is 0.250. The maximum Gasteiger partial charge on any atom is 0.185 e. The molecule has 0 N–H and O–H groups in total. The van der Waals surface area contributed by atoms with Gasteiger partial charge in [-0.1, -0.05) is 23.9 Å². The van der Waals surface area contributed by atoms with Gasteiger partial charge in [-0.05, 0) is 24.1 Å². The van der Waals surface area contributed by atoms with Crippen LogP contribution in [-0.2, 0) is 4.79 Å². The predicted molar refractivity (Wildman–Crippen MR) is 65.7 cm³/mol. The average Bonchev–Trinajstić information content (AvgIpc) is 2.28. The Morgan fingerprint density at radius 2 is 2.50 bits per heavy atom. The zero-order chi connectivity index (χ0) is 11.8. The van der Waals surface area contributed by atoms with Crippen LogP contribution in [0.5, 0.6) is 0 Å². The van der Waals surface area contributed by atoms with E-state index < -0.39 is 0 Å². The summed E-state index contributed by atoms with van der Waals surface area (Å²) in [5.74, 6) is 0.794. The SMILES string of the molecule is CC(=O)SCCC=Cc1ccnc(C#N)c1. The van der Waals surface area contributed by atoms with Gasteiger partial charge in [-0.2, -0.15) is 5.26 Å². The van der Waals surface area contributed by atoms with E-state index in [-0.39, 0.29) is 5.12 Å². The van der Waals surface area contributed by atoms with Crippen molar-refractivity contribution in [3.05, 3.63) is 35.7 Å². The number of thioether (sulfide) groups is 1. The second-order valence-corrected chi connectivity index (χ2v) is 4.39. The number of carbonyl (C=O) groups is 1. The Balaban J connectivity index is 2.44. The van der Waals surface area contributed by atoms with Crippen molar-refractivity contribution in [1.29, 1.82) is 5.26 Å². The number of allylic oxidation sites excluding steroid dienone is 1. The molecule has 0 saturated carbocycles. The van der Waals surface area contributed by atoms with Crippen LogP contribution < -0.4 is 0 Å². The lowest BCUT2D eigenvalue weighted by Gasteiger charge is -1.94. The normalized spacial score (nSPS) is 10.2. The van der Waals surface area contributed by atoms with E-state index in [1.54, 1.807) is 19.2 Å². The molecule has 0 spiro atoms. The lowest BCUT2D eigenvalue weighted by molar-refractivity contribution is -0.109. The predicted octanol–water partition coefficient (Wildman–Crippen LogP) is 2.64.